The molecule has 0 fully saturated rings. The van der Waals surface area contributed by atoms with E-state index < -0.39 is 0 Å². The van der Waals surface area contributed by atoms with Crippen LogP contribution in [0.1, 0.15) is 11.3 Å². The van der Waals surface area contributed by atoms with Gasteiger partial charge in [0.05, 0.1) is 37.6 Å². The third-order valence-corrected chi connectivity index (χ3v) is 5.84. The van der Waals surface area contributed by atoms with Crippen LogP contribution in [0, 0.1) is 6.92 Å². The molecule has 0 spiro atoms. The van der Waals surface area contributed by atoms with Gasteiger partial charge >= 0.3 is 0 Å². The summed E-state index contributed by atoms with van der Waals surface area (Å²) in [6.07, 6.45) is 5.67. The van der Waals surface area contributed by atoms with Crippen molar-refractivity contribution in [3.8, 4) is 34.1 Å². The lowest BCUT2D eigenvalue weighted by molar-refractivity contribution is 0.413. The monoisotopic (exact) mass is 462 g/mol. The Morgan fingerprint density at radius 3 is 2.54 bits per heavy atom. The summed E-state index contributed by atoms with van der Waals surface area (Å²) < 4.78 is 15.3. The number of oxazole rings is 1. The highest BCUT2D eigenvalue weighted by Gasteiger charge is 2.12. The number of hydrogen-bond acceptors (Lipinski definition) is 6. The zero-order chi connectivity index (χ0) is 23.8. The number of aryl methyl sites for hydroxylation is 1. The largest absolute Gasteiger partial charge is 0.495 e. The third kappa shape index (κ3) is 4.06. The molecule has 3 aromatic heterocycles. The Morgan fingerprint density at radius 1 is 0.943 bits per heavy atom. The number of nitrogens with zero attached hydrogens (tertiary/aromatic N) is 6. The van der Waals surface area contributed by atoms with E-state index in [2.05, 4.69) is 32.4 Å². The molecule has 3 heterocycles. The standard InChI is InChI=1S/C27H22N6O2/c1-18-14-32(17-28-18)24-12-11-21(13-26(24)34-2)23-16-33(31-30-23)15-19-7-9-20(10-8-19)27-29-22-5-3-4-6-25(22)35-27/h3-14,16-17H,15H2,1-2H3. The maximum Gasteiger partial charge on any atom is 0.227 e. The zero-order valence-electron chi connectivity index (χ0n) is 19.3. The lowest BCUT2D eigenvalue weighted by atomic mass is 10.1. The molecule has 0 bridgehead atoms. The first kappa shape index (κ1) is 20.9. The zero-order valence-corrected chi connectivity index (χ0v) is 19.3. The number of aromatic nitrogens is 6. The van der Waals surface area contributed by atoms with Gasteiger partial charge in [-0.15, -0.1) is 5.10 Å². The number of para-hydroxylation sites is 2. The molecule has 0 atom stereocenters. The van der Waals surface area contributed by atoms with E-state index in [0.29, 0.717) is 12.4 Å². The fraction of sp³-hybridized carbons (Fsp3) is 0.111. The molecule has 0 saturated heterocycles. The van der Waals surface area contributed by atoms with Crippen LogP contribution in [0.15, 0.2) is 89.9 Å². The average molecular weight is 463 g/mol. The van der Waals surface area contributed by atoms with Crippen LogP contribution in [0.4, 0.5) is 0 Å². The first-order chi connectivity index (χ1) is 17.2. The first-order valence-corrected chi connectivity index (χ1v) is 11.2. The van der Waals surface area contributed by atoms with E-state index in [1.807, 2.05) is 83.2 Å². The van der Waals surface area contributed by atoms with Crippen molar-refractivity contribution < 1.29 is 9.15 Å². The molecule has 0 aliphatic rings. The van der Waals surface area contributed by atoms with E-state index in [-0.39, 0.29) is 0 Å². The molecule has 8 nitrogen and oxygen atoms in total. The summed E-state index contributed by atoms with van der Waals surface area (Å²) in [7, 11) is 1.66. The van der Waals surface area contributed by atoms with Crippen molar-refractivity contribution in [3.63, 3.8) is 0 Å². The lowest BCUT2D eigenvalue weighted by Gasteiger charge is -2.10. The van der Waals surface area contributed by atoms with Crippen molar-refractivity contribution in [2.24, 2.45) is 0 Å². The molecule has 0 saturated carbocycles. The minimum atomic E-state index is 0.602. The van der Waals surface area contributed by atoms with Gasteiger partial charge in [0, 0.05) is 17.3 Å². The summed E-state index contributed by atoms with van der Waals surface area (Å²) >= 11 is 0. The molecule has 6 aromatic rings. The maximum atomic E-state index is 5.87. The van der Waals surface area contributed by atoms with E-state index in [4.69, 9.17) is 9.15 Å². The van der Waals surface area contributed by atoms with Gasteiger partial charge in [-0.05, 0) is 48.9 Å². The highest BCUT2D eigenvalue weighted by atomic mass is 16.5. The molecule has 35 heavy (non-hydrogen) atoms. The Balaban J connectivity index is 1.20. The van der Waals surface area contributed by atoms with Crippen LogP contribution in [-0.4, -0.2) is 36.6 Å². The quantitative estimate of drug-likeness (QED) is 0.334. The van der Waals surface area contributed by atoms with Crippen LogP contribution >= 0.6 is 0 Å². The van der Waals surface area contributed by atoms with Gasteiger partial charge in [-0.2, -0.15) is 0 Å². The summed E-state index contributed by atoms with van der Waals surface area (Å²) in [5.41, 5.74) is 7.25. The molecule has 172 valence electrons. The number of fused-ring (bicyclic) bond motifs is 1. The smallest absolute Gasteiger partial charge is 0.227 e. The molecule has 3 aromatic carbocycles. The molecule has 0 radical (unpaired) electrons. The second kappa shape index (κ2) is 8.57. The fourth-order valence-electron chi connectivity index (χ4n) is 4.05. The van der Waals surface area contributed by atoms with Gasteiger partial charge in [0.1, 0.15) is 17.0 Å². The maximum absolute atomic E-state index is 5.87. The van der Waals surface area contributed by atoms with Crippen molar-refractivity contribution in [1.82, 2.24) is 29.5 Å². The van der Waals surface area contributed by atoms with Crippen LogP contribution in [0.25, 0.3) is 39.5 Å². The fourth-order valence-corrected chi connectivity index (χ4v) is 4.05. The van der Waals surface area contributed by atoms with E-state index in [9.17, 15) is 0 Å². The van der Waals surface area contributed by atoms with Crippen molar-refractivity contribution in [1.29, 1.82) is 0 Å². The summed E-state index contributed by atoms with van der Waals surface area (Å²) in [5, 5.41) is 8.68. The minimum absolute atomic E-state index is 0.602. The Hall–Kier alpha value is -4.72. The van der Waals surface area contributed by atoms with Gasteiger partial charge in [-0.1, -0.05) is 35.5 Å². The normalized spacial score (nSPS) is 11.3. The van der Waals surface area contributed by atoms with Gasteiger partial charge < -0.3 is 13.7 Å². The Morgan fingerprint density at radius 2 is 1.77 bits per heavy atom. The van der Waals surface area contributed by atoms with Crippen LogP contribution in [0.5, 0.6) is 5.75 Å². The summed E-state index contributed by atoms with van der Waals surface area (Å²) in [6.45, 7) is 2.56. The van der Waals surface area contributed by atoms with Gasteiger partial charge in [-0.3, -0.25) is 0 Å². The second-order valence-corrected chi connectivity index (χ2v) is 8.29. The van der Waals surface area contributed by atoms with Crippen LogP contribution in [0.2, 0.25) is 0 Å². The van der Waals surface area contributed by atoms with E-state index in [0.717, 1.165) is 50.6 Å². The van der Waals surface area contributed by atoms with Crippen molar-refractivity contribution in [3.05, 3.63) is 96.7 Å². The molecule has 0 aliphatic heterocycles. The number of hydrogen-bond donors (Lipinski definition) is 0. The highest BCUT2D eigenvalue weighted by molar-refractivity contribution is 5.76. The molecular weight excluding hydrogens is 440 g/mol. The molecular formula is C27H22N6O2. The molecule has 0 N–H and O–H groups in total. The highest BCUT2D eigenvalue weighted by Crippen LogP contribution is 2.29. The molecule has 0 aliphatic carbocycles. The minimum Gasteiger partial charge on any atom is -0.495 e. The van der Waals surface area contributed by atoms with Crippen molar-refractivity contribution >= 4 is 11.1 Å². The number of imidazole rings is 1. The number of methoxy groups -OCH3 is 1. The van der Waals surface area contributed by atoms with Crippen LogP contribution in [0.3, 0.4) is 0 Å². The molecule has 0 amide bonds. The Labute approximate surface area is 201 Å². The van der Waals surface area contributed by atoms with Crippen LogP contribution < -0.4 is 4.74 Å². The predicted octanol–water partition coefficient (Wildman–Crippen LogP) is 5.30. The SMILES string of the molecule is COc1cc(-c2cn(Cc3ccc(-c4nc5ccccc5o4)cc3)nn2)ccc1-n1cnc(C)c1. The average Bonchev–Trinajstić information content (AvgIpc) is 3.64. The Kier molecular flexibility index (Phi) is 5.11. The van der Waals surface area contributed by atoms with Gasteiger partial charge in [0.25, 0.3) is 0 Å². The molecule has 8 heteroatoms. The van der Waals surface area contributed by atoms with Crippen molar-refractivity contribution in [2.45, 2.75) is 13.5 Å². The summed E-state index contributed by atoms with van der Waals surface area (Å²) in [5.74, 6) is 1.35. The van der Waals surface area contributed by atoms with E-state index >= 15 is 0 Å². The molecule has 6 rings (SSSR count). The van der Waals surface area contributed by atoms with Gasteiger partial charge in [0.2, 0.25) is 5.89 Å². The number of rotatable bonds is 6. The predicted molar refractivity (Wildman–Crippen MR) is 132 cm³/mol. The number of benzene rings is 3. The van der Waals surface area contributed by atoms with E-state index in [1.165, 1.54) is 0 Å². The lowest BCUT2D eigenvalue weighted by Crippen LogP contribution is -2.00. The first-order valence-electron chi connectivity index (χ1n) is 11.2. The summed E-state index contributed by atoms with van der Waals surface area (Å²) in [4.78, 5) is 8.86. The topological polar surface area (TPSA) is 83.8 Å². The van der Waals surface area contributed by atoms with Gasteiger partial charge in [-0.25, -0.2) is 14.6 Å². The van der Waals surface area contributed by atoms with Gasteiger partial charge in [0.15, 0.2) is 5.58 Å². The van der Waals surface area contributed by atoms with Crippen LogP contribution in [-0.2, 0) is 6.54 Å². The van der Waals surface area contributed by atoms with Crippen molar-refractivity contribution in [2.75, 3.05) is 7.11 Å². The Bertz CT molecular complexity index is 1590. The summed E-state index contributed by atoms with van der Waals surface area (Å²) in [6, 6.07) is 21.9. The third-order valence-electron chi connectivity index (χ3n) is 5.84. The second-order valence-electron chi connectivity index (χ2n) is 8.29. The molecule has 0 unspecified atom stereocenters. The van der Waals surface area contributed by atoms with E-state index in [1.54, 1.807) is 13.4 Å². The number of ether oxygens (including phenoxy) is 1.